The van der Waals surface area contributed by atoms with Gasteiger partial charge in [0.15, 0.2) is 6.61 Å². The third-order valence-corrected chi connectivity index (χ3v) is 3.39. The topological polar surface area (TPSA) is 140 Å². The van der Waals surface area contributed by atoms with Crippen LogP contribution in [0.1, 0.15) is 20.7 Å². The lowest BCUT2D eigenvalue weighted by Crippen LogP contribution is -2.43. The molecule has 0 aliphatic rings. The molecule has 0 radical (unpaired) electrons. The van der Waals surface area contributed by atoms with Gasteiger partial charge in [0.1, 0.15) is 5.69 Å². The van der Waals surface area contributed by atoms with Crippen molar-refractivity contribution in [3.8, 4) is 0 Å². The van der Waals surface area contributed by atoms with E-state index in [1.54, 1.807) is 30.3 Å². The Morgan fingerprint density at radius 1 is 1.04 bits per heavy atom. The van der Waals surface area contributed by atoms with Gasteiger partial charge in [-0.05, 0) is 24.3 Å². The van der Waals surface area contributed by atoms with Crippen LogP contribution in [0.5, 0.6) is 0 Å². The van der Waals surface area contributed by atoms with Gasteiger partial charge < -0.3 is 10.1 Å². The number of nitro groups is 1. The maximum Gasteiger partial charge on any atom is 0.338 e. The Morgan fingerprint density at radius 3 is 2.37 bits per heavy atom. The van der Waals surface area contributed by atoms with Gasteiger partial charge >= 0.3 is 5.97 Å². The number of rotatable bonds is 6. The predicted molar refractivity (Wildman–Crippen MR) is 95.0 cm³/mol. The Morgan fingerprint density at radius 2 is 1.74 bits per heavy atom. The lowest BCUT2D eigenvalue weighted by atomic mass is 10.1. The number of nitro benzene ring substituents is 1. The van der Waals surface area contributed by atoms with Crippen molar-refractivity contribution in [3.63, 3.8) is 0 Å². The minimum atomic E-state index is -0.912. The van der Waals surface area contributed by atoms with E-state index in [2.05, 4.69) is 16.2 Å². The third-order valence-electron chi connectivity index (χ3n) is 3.39. The molecule has 0 saturated carbocycles. The van der Waals surface area contributed by atoms with E-state index in [1.165, 1.54) is 19.2 Å². The van der Waals surface area contributed by atoms with Crippen molar-refractivity contribution in [2.45, 2.75) is 0 Å². The van der Waals surface area contributed by atoms with Crippen molar-refractivity contribution in [3.05, 3.63) is 69.8 Å². The van der Waals surface area contributed by atoms with Gasteiger partial charge in [-0.25, -0.2) is 4.79 Å². The SMILES string of the molecule is CNc1ccc(C(=O)OCC(=O)NNC(=O)c2ccccc2)cc1[N+](=O)[O-]. The molecule has 2 rings (SSSR count). The van der Waals surface area contributed by atoms with Crippen LogP contribution in [0.15, 0.2) is 48.5 Å². The maximum absolute atomic E-state index is 12.0. The molecule has 0 spiro atoms. The van der Waals surface area contributed by atoms with Crippen molar-refractivity contribution in [1.29, 1.82) is 0 Å². The Hall–Kier alpha value is -3.95. The fraction of sp³-hybridized carbons (Fsp3) is 0.118. The summed E-state index contributed by atoms with van der Waals surface area (Å²) in [7, 11) is 1.51. The molecule has 10 heteroatoms. The largest absolute Gasteiger partial charge is 0.452 e. The van der Waals surface area contributed by atoms with Crippen LogP contribution in [0.2, 0.25) is 0 Å². The van der Waals surface area contributed by atoms with Gasteiger partial charge in [-0.2, -0.15) is 0 Å². The van der Waals surface area contributed by atoms with Crippen LogP contribution in [-0.4, -0.2) is 36.4 Å². The van der Waals surface area contributed by atoms with Crippen molar-refractivity contribution >= 4 is 29.2 Å². The zero-order chi connectivity index (χ0) is 19.8. The fourth-order valence-electron chi connectivity index (χ4n) is 2.06. The lowest BCUT2D eigenvalue weighted by Gasteiger charge is -2.08. The summed E-state index contributed by atoms with van der Waals surface area (Å²) in [6.07, 6.45) is 0. The van der Waals surface area contributed by atoms with Gasteiger partial charge in [-0.3, -0.25) is 30.6 Å². The van der Waals surface area contributed by atoms with Gasteiger partial charge in [-0.15, -0.1) is 0 Å². The quantitative estimate of drug-likeness (QED) is 0.394. The summed E-state index contributed by atoms with van der Waals surface area (Å²) in [5.74, 6) is -2.21. The number of nitrogens with zero attached hydrogens (tertiary/aromatic N) is 1. The molecule has 0 bridgehead atoms. The number of benzene rings is 2. The Bertz CT molecular complexity index is 869. The van der Waals surface area contributed by atoms with Crippen LogP contribution in [0, 0.1) is 10.1 Å². The molecule has 2 aromatic rings. The second-order valence-corrected chi connectivity index (χ2v) is 5.18. The number of amides is 2. The number of carbonyl (C=O) groups excluding carboxylic acids is 3. The first-order valence-corrected chi connectivity index (χ1v) is 7.70. The Balaban J connectivity index is 1.88. The Kier molecular flexibility index (Phi) is 6.42. The number of hydrogen-bond donors (Lipinski definition) is 3. The molecule has 2 aromatic carbocycles. The molecule has 0 aliphatic heterocycles. The molecule has 2 amide bonds. The average Bonchev–Trinajstić information content (AvgIpc) is 2.70. The molecule has 0 aromatic heterocycles. The smallest absolute Gasteiger partial charge is 0.338 e. The number of hydrogen-bond acceptors (Lipinski definition) is 7. The van der Waals surface area contributed by atoms with Crippen LogP contribution in [0.4, 0.5) is 11.4 Å². The maximum atomic E-state index is 12.0. The molecule has 10 nitrogen and oxygen atoms in total. The molecule has 0 atom stereocenters. The zero-order valence-corrected chi connectivity index (χ0v) is 14.2. The summed E-state index contributed by atoms with van der Waals surface area (Å²) in [5.41, 5.74) is 4.47. The molecule has 0 aliphatic carbocycles. The molecule has 3 N–H and O–H groups in total. The van der Waals surface area contributed by atoms with Crippen molar-refractivity contribution in [2.75, 3.05) is 19.0 Å². The molecule has 0 fully saturated rings. The molecule has 0 unspecified atom stereocenters. The van der Waals surface area contributed by atoms with Gasteiger partial charge in [0.25, 0.3) is 17.5 Å². The van der Waals surface area contributed by atoms with Gasteiger partial charge in [0.2, 0.25) is 0 Å². The number of esters is 1. The van der Waals surface area contributed by atoms with Crippen molar-refractivity contribution in [2.24, 2.45) is 0 Å². The van der Waals surface area contributed by atoms with E-state index in [-0.39, 0.29) is 16.9 Å². The normalized spacial score (nSPS) is 9.81. The first kappa shape index (κ1) is 19.4. The summed E-state index contributed by atoms with van der Waals surface area (Å²) in [4.78, 5) is 45.7. The minimum Gasteiger partial charge on any atom is -0.452 e. The standard InChI is InChI=1S/C17H16N4O6/c1-18-13-8-7-12(9-14(13)21(25)26)17(24)27-10-15(22)19-20-16(23)11-5-3-2-4-6-11/h2-9,18H,10H2,1H3,(H,19,22)(H,20,23). The van der Waals surface area contributed by atoms with Gasteiger partial charge in [0.05, 0.1) is 10.5 Å². The second-order valence-electron chi connectivity index (χ2n) is 5.18. The number of nitrogens with one attached hydrogen (secondary N) is 3. The summed E-state index contributed by atoms with van der Waals surface area (Å²) in [6, 6.07) is 11.9. The summed E-state index contributed by atoms with van der Waals surface area (Å²) in [6.45, 7) is -0.671. The summed E-state index contributed by atoms with van der Waals surface area (Å²) < 4.78 is 4.79. The van der Waals surface area contributed by atoms with Crippen LogP contribution in [0.3, 0.4) is 0 Å². The van der Waals surface area contributed by atoms with Gasteiger partial charge in [-0.1, -0.05) is 18.2 Å². The third kappa shape index (κ3) is 5.26. The van der Waals surface area contributed by atoms with E-state index in [1.807, 2.05) is 0 Å². The summed E-state index contributed by atoms with van der Waals surface area (Å²) in [5, 5.41) is 13.6. The number of hydrazine groups is 1. The Labute approximate surface area is 153 Å². The van der Waals surface area contributed by atoms with E-state index in [4.69, 9.17) is 4.74 Å². The molecule has 0 saturated heterocycles. The highest BCUT2D eigenvalue weighted by atomic mass is 16.6. The van der Waals surface area contributed by atoms with E-state index in [9.17, 15) is 24.5 Å². The van der Waals surface area contributed by atoms with E-state index in [0.717, 1.165) is 6.07 Å². The zero-order valence-electron chi connectivity index (χ0n) is 14.2. The molecule has 140 valence electrons. The molecule has 0 heterocycles. The predicted octanol–water partition coefficient (Wildman–Crippen LogP) is 1.25. The first-order chi connectivity index (χ1) is 12.9. The van der Waals surface area contributed by atoms with Crippen LogP contribution < -0.4 is 16.2 Å². The van der Waals surface area contributed by atoms with Crippen molar-refractivity contribution in [1.82, 2.24) is 10.9 Å². The minimum absolute atomic E-state index is 0.0816. The molecule has 27 heavy (non-hydrogen) atoms. The number of anilines is 1. The van der Waals surface area contributed by atoms with Crippen molar-refractivity contribution < 1.29 is 24.0 Å². The van der Waals surface area contributed by atoms with E-state index < -0.39 is 29.3 Å². The number of carbonyl (C=O) groups is 3. The highest BCUT2D eigenvalue weighted by Gasteiger charge is 2.18. The van der Waals surface area contributed by atoms with Crippen LogP contribution in [0.25, 0.3) is 0 Å². The van der Waals surface area contributed by atoms with E-state index >= 15 is 0 Å². The monoisotopic (exact) mass is 372 g/mol. The number of ether oxygens (including phenoxy) is 1. The fourth-order valence-corrected chi connectivity index (χ4v) is 2.06. The average molecular weight is 372 g/mol. The highest BCUT2D eigenvalue weighted by molar-refractivity contribution is 5.96. The lowest BCUT2D eigenvalue weighted by molar-refractivity contribution is -0.384. The molecular formula is C17H16N4O6. The first-order valence-electron chi connectivity index (χ1n) is 7.70. The second kappa shape index (κ2) is 8.94. The van der Waals surface area contributed by atoms with E-state index in [0.29, 0.717) is 5.56 Å². The summed E-state index contributed by atoms with van der Waals surface area (Å²) >= 11 is 0. The van der Waals surface area contributed by atoms with Crippen LogP contribution >= 0.6 is 0 Å². The molecular weight excluding hydrogens is 356 g/mol. The highest BCUT2D eigenvalue weighted by Crippen LogP contribution is 2.25. The van der Waals surface area contributed by atoms with Crippen LogP contribution in [-0.2, 0) is 9.53 Å². The van der Waals surface area contributed by atoms with Gasteiger partial charge in [0, 0.05) is 18.7 Å².